The van der Waals surface area contributed by atoms with Gasteiger partial charge in [-0.05, 0) is 30.3 Å². The Morgan fingerprint density at radius 2 is 2.00 bits per heavy atom. The number of rotatable bonds is 5. The summed E-state index contributed by atoms with van der Waals surface area (Å²) in [6, 6.07) is 10.8. The van der Waals surface area contributed by atoms with Crippen molar-refractivity contribution < 1.29 is 8.83 Å². The summed E-state index contributed by atoms with van der Waals surface area (Å²) in [6.45, 7) is 3.85. The van der Waals surface area contributed by atoms with Gasteiger partial charge >= 0.3 is 0 Å². The smallest absolute Gasteiger partial charge is 0.252 e. The first-order valence-corrected chi connectivity index (χ1v) is 8.48. The maximum atomic E-state index is 9.10. The second-order valence-corrected chi connectivity index (χ2v) is 6.51. The molecular weight excluding hydrogens is 375 g/mol. The van der Waals surface area contributed by atoms with E-state index in [9.17, 15) is 0 Å². The Morgan fingerprint density at radius 1 is 1.19 bits per heavy atom. The van der Waals surface area contributed by atoms with Gasteiger partial charge in [0.25, 0.3) is 5.88 Å². The van der Waals surface area contributed by atoms with Crippen molar-refractivity contribution in [3.05, 3.63) is 57.7 Å². The fourth-order valence-electron chi connectivity index (χ4n) is 2.12. The number of anilines is 1. The number of furan rings is 1. The highest BCUT2D eigenvalue weighted by Crippen LogP contribution is 2.29. The lowest BCUT2D eigenvalue weighted by atomic mass is 10.2. The van der Waals surface area contributed by atoms with E-state index in [1.54, 1.807) is 24.3 Å². The number of nitrogens with one attached hydrogen (secondary N) is 1. The van der Waals surface area contributed by atoms with Crippen molar-refractivity contribution in [1.82, 2.24) is 4.98 Å². The highest BCUT2D eigenvalue weighted by atomic mass is 35.5. The lowest BCUT2D eigenvalue weighted by molar-refractivity contribution is 0.481. The molecule has 0 unspecified atom stereocenters. The standard InChI is InChI=1S/C18H14Cl2N4O2/c1-10(2)17-23-15(8-21)18(26-17)24-22-9-12-4-6-16(25-12)11-3-5-13(19)14(20)7-11/h3-7,9-10,24H,1-2H3. The predicted molar refractivity (Wildman–Crippen MR) is 101 cm³/mol. The van der Waals surface area contributed by atoms with E-state index in [1.807, 2.05) is 26.0 Å². The second-order valence-electron chi connectivity index (χ2n) is 5.70. The van der Waals surface area contributed by atoms with E-state index in [2.05, 4.69) is 15.5 Å². The summed E-state index contributed by atoms with van der Waals surface area (Å²) in [6.07, 6.45) is 1.47. The highest BCUT2D eigenvalue weighted by Gasteiger charge is 2.14. The van der Waals surface area contributed by atoms with E-state index in [1.165, 1.54) is 6.21 Å². The van der Waals surface area contributed by atoms with Gasteiger partial charge in [-0.15, -0.1) is 0 Å². The molecule has 2 heterocycles. The molecule has 2 aromatic heterocycles. The van der Waals surface area contributed by atoms with Crippen LogP contribution in [0.15, 0.2) is 44.3 Å². The molecule has 1 N–H and O–H groups in total. The SMILES string of the molecule is CC(C)c1nc(C#N)c(NN=Cc2ccc(-c3ccc(Cl)c(Cl)c3)o2)o1. The Labute approximate surface area is 160 Å². The van der Waals surface area contributed by atoms with Gasteiger partial charge < -0.3 is 8.83 Å². The molecule has 3 aromatic rings. The molecule has 1 aromatic carbocycles. The summed E-state index contributed by atoms with van der Waals surface area (Å²) < 4.78 is 11.2. The second kappa shape index (κ2) is 7.65. The summed E-state index contributed by atoms with van der Waals surface area (Å²) >= 11 is 11.9. The zero-order valence-corrected chi connectivity index (χ0v) is 15.5. The number of hydrazone groups is 1. The van der Waals surface area contributed by atoms with Gasteiger partial charge in [-0.2, -0.15) is 10.4 Å². The molecule has 6 nitrogen and oxygen atoms in total. The molecule has 0 radical (unpaired) electrons. The Hall–Kier alpha value is -2.75. The third-order valence-corrected chi connectivity index (χ3v) is 4.17. The van der Waals surface area contributed by atoms with Crippen molar-refractivity contribution in [3.63, 3.8) is 0 Å². The average molecular weight is 389 g/mol. The first kappa shape index (κ1) is 18.1. The molecule has 0 bridgehead atoms. The van der Waals surface area contributed by atoms with Crippen molar-refractivity contribution in [2.75, 3.05) is 5.43 Å². The fourth-order valence-corrected chi connectivity index (χ4v) is 2.41. The summed E-state index contributed by atoms with van der Waals surface area (Å²) in [5, 5.41) is 14.1. The maximum Gasteiger partial charge on any atom is 0.252 e. The van der Waals surface area contributed by atoms with E-state index in [-0.39, 0.29) is 17.5 Å². The molecule has 0 aliphatic carbocycles. The van der Waals surface area contributed by atoms with Crippen molar-refractivity contribution in [2.24, 2.45) is 5.10 Å². The molecule has 0 fully saturated rings. The number of benzene rings is 1. The van der Waals surface area contributed by atoms with Gasteiger partial charge in [-0.3, -0.25) is 0 Å². The molecule has 0 saturated heterocycles. The van der Waals surface area contributed by atoms with Crippen LogP contribution in [0.5, 0.6) is 0 Å². The van der Waals surface area contributed by atoms with Crippen molar-refractivity contribution in [2.45, 2.75) is 19.8 Å². The van der Waals surface area contributed by atoms with Crippen LogP contribution in [-0.2, 0) is 0 Å². The first-order chi connectivity index (χ1) is 12.5. The topological polar surface area (TPSA) is 87.4 Å². The number of halogens is 2. The molecule has 0 aliphatic rings. The van der Waals surface area contributed by atoms with Crippen LogP contribution < -0.4 is 5.43 Å². The number of nitriles is 1. The number of hydrogen-bond donors (Lipinski definition) is 1. The molecule has 0 spiro atoms. The lowest BCUT2D eigenvalue weighted by Gasteiger charge is -1.99. The van der Waals surface area contributed by atoms with Gasteiger partial charge in [0.15, 0.2) is 0 Å². The Morgan fingerprint density at radius 3 is 2.69 bits per heavy atom. The van der Waals surface area contributed by atoms with Crippen LogP contribution >= 0.6 is 23.2 Å². The van der Waals surface area contributed by atoms with Crippen LogP contribution in [0.3, 0.4) is 0 Å². The van der Waals surface area contributed by atoms with Gasteiger partial charge in [-0.1, -0.05) is 37.0 Å². The number of nitrogens with zero attached hydrogens (tertiary/aromatic N) is 3. The van der Waals surface area contributed by atoms with Crippen molar-refractivity contribution >= 4 is 35.3 Å². The number of oxazole rings is 1. The Kier molecular flexibility index (Phi) is 5.31. The monoisotopic (exact) mass is 388 g/mol. The zero-order chi connectivity index (χ0) is 18.7. The van der Waals surface area contributed by atoms with Gasteiger partial charge in [0.2, 0.25) is 11.6 Å². The summed E-state index contributed by atoms with van der Waals surface area (Å²) in [5.41, 5.74) is 3.63. The highest BCUT2D eigenvalue weighted by molar-refractivity contribution is 6.42. The van der Waals surface area contributed by atoms with Crippen LogP contribution in [0.4, 0.5) is 5.88 Å². The third kappa shape index (κ3) is 3.90. The number of aromatic nitrogens is 1. The Balaban J connectivity index is 1.73. The van der Waals surface area contributed by atoms with Crippen molar-refractivity contribution in [1.29, 1.82) is 5.26 Å². The van der Waals surface area contributed by atoms with Crippen LogP contribution in [0.2, 0.25) is 10.0 Å². The molecule has 132 valence electrons. The van der Waals surface area contributed by atoms with E-state index in [4.69, 9.17) is 37.3 Å². The zero-order valence-electron chi connectivity index (χ0n) is 14.0. The van der Waals surface area contributed by atoms with Gasteiger partial charge in [0, 0.05) is 11.5 Å². The average Bonchev–Trinajstić information content (AvgIpc) is 3.24. The van der Waals surface area contributed by atoms with Gasteiger partial charge in [0.1, 0.15) is 17.6 Å². The predicted octanol–water partition coefficient (Wildman–Crippen LogP) is 5.68. The third-order valence-electron chi connectivity index (χ3n) is 3.43. The van der Waals surface area contributed by atoms with Crippen LogP contribution in [0.25, 0.3) is 11.3 Å². The Bertz CT molecular complexity index is 999. The molecule has 0 amide bonds. The largest absolute Gasteiger partial charge is 0.455 e. The van der Waals surface area contributed by atoms with E-state index in [0.717, 1.165) is 5.56 Å². The van der Waals surface area contributed by atoms with Crippen LogP contribution in [0.1, 0.15) is 37.1 Å². The summed E-state index contributed by atoms with van der Waals surface area (Å²) in [5.74, 6) is 1.88. The summed E-state index contributed by atoms with van der Waals surface area (Å²) in [4.78, 5) is 4.10. The van der Waals surface area contributed by atoms with E-state index >= 15 is 0 Å². The maximum absolute atomic E-state index is 9.10. The van der Waals surface area contributed by atoms with Gasteiger partial charge in [-0.25, -0.2) is 10.4 Å². The van der Waals surface area contributed by atoms with Crippen LogP contribution in [0, 0.1) is 11.3 Å². The minimum Gasteiger partial charge on any atom is -0.455 e. The minimum absolute atomic E-state index is 0.0699. The molecule has 3 rings (SSSR count). The molecular formula is C18H14Cl2N4O2. The van der Waals surface area contributed by atoms with E-state index < -0.39 is 0 Å². The van der Waals surface area contributed by atoms with Crippen molar-refractivity contribution in [3.8, 4) is 17.4 Å². The summed E-state index contributed by atoms with van der Waals surface area (Å²) in [7, 11) is 0. The van der Waals surface area contributed by atoms with Crippen LogP contribution in [-0.4, -0.2) is 11.2 Å². The molecule has 26 heavy (non-hydrogen) atoms. The number of hydrogen-bond acceptors (Lipinski definition) is 6. The molecule has 0 aliphatic heterocycles. The first-order valence-electron chi connectivity index (χ1n) is 7.73. The molecule has 8 heteroatoms. The molecule has 0 saturated carbocycles. The fraction of sp³-hybridized carbons (Fsp3) is 0.167. The normalized spacial score (nSPS) is 11.2. The minimum atomic E-state index is 0.0699. The molecule has 0 atom stereocenters. The quantitative estimate of drug-likeness (QED) is 0.448. The van der Waals surface area contributed by atoms with E-state index in [0.29, 0.717) is 27.5 Å². The van der Waals surface area contributed by atoms with Gasteiger partial charge in [0.05, 0.1) is 16.3 Å². The lowest BCUT2D eigenvalue weighted by Crippen LogP contribution is -1.90.